The molecule has 0 aromatic carbocycles. The molecule has 0 N–H and O–H groups in total. The van der Waals surface area contributed by atoms with Crippen molar-refractivity contribution in [3.8, 4) is 11.8 Å². The predicted molar refractivity (Wildman–Crippen MR) is 73.2 cm³/mol. The average molecular weight is 262 g/mol. The van der Waals surface area contributed by atoms with Crippen LogP contribution in [0.15, 0.2) is 0 Å². The van der Waals surface area contributed by atoms with E-state index in [9.17, 15) is 9.59 Å². The second-order valence-electron chi connectivity index (χ2n) is 5.69. The van der Waals surface area contributed by atoms with Crippen LogP contribution in [0.2, 0.25) is 0 Å². The normalized spacial score (nSPS) is 27.8. The van der Waals surface area contributed by atoms with E-state index in [1.807, 2.05) is 0 Å². The fraction of sp³-hybridized carbons (Fsp3) is 0.733. The highest BCUT2D eigenvalue weighted by Crippen LogP contribution is 2.33. The number of likely N-dealkylation sites (tertiary alicyclic amines) is 2. The lowest BCUT2D eigenvalue weighted by Crippen LogP contribution is -2.30. The van der Waals surface area contributed by atoms with Crippen LogP contribution in [-0.2, 0) is 9.59 Å². The van der Waals surface area contributed by atoms with Gasteiger partial charge in [0.05, 0.1) is 6.54 Å². The van der Waals surface area contributed by atoms with Crippen molar-refractivity contribution >= 4 is 11.8 Å². The molecule has 0 saturated carbocycles. The molecule has 0 aromatic rings. The van der Waals surface area contributed by atoms with Gasteiger partial charge in [0.1, 0.15) is 0 Å². The summed E-state index contributed by atoms with van der Waals surface area (Å²) in [6.07, 6.45) is 4.00. The molecular formula is C15H22N2O2. The SMILES string of the molecule is CCC[C@@]1(C#CCN2C(=O)CCC2=O)CCN(C)C1. The molecule has 1 atom stereocenters. The zero-order valence-corrected chi connectivity index (χ0v) is 11.9. The Labute approximate surface area is 115 Å². The number of carbonyl (C=O) groups excluding carboxylic acids is 2. The Balaban J connectivity index is 2.01. The minimum atomic E-state index is -0.0765. The first kappa shape index (κ1) is 14.1. The quantitative estimate of drug-likeness (QED) is 0.568. The van der Waals surface area contributed by atoms with Crippen molar-refractivity contribution in [3.63, 3.8) is 0 Å². The van der Waals surface area contributed by atoms with Gasteiger partial charge in [-0.15, -0.1) is 0 Å². The summed E-state index contributed by atoms with van der Waals surface area (Å²) in [6, 6.07) is 0. The molecule has 0 unspecified atom stereocenters. The molecule has 4 nitrogen and oxygen atoms in total. The molecule has 2 aliphatic rings. The van der Waals surface area contributed by atoms with Crippen molar-refractivity contribution < 1.29 is 9.59 Å². The third kappa shape index (κ3) is 3.16. The average Bonchev–Trinajstić information content (AvgIpc) is 2.87. The summed E-state index contributed by atoms with van der Waals surface area (Å²) >= 11 is 0. The van der Waals surface area contributed by atoms with Gasteiger partial charge in [-0.1, -0.05) is 25.2 Å². The van der Waals surface area contributed by atoms with E-state index >= 15 is 0 Å². The maximum Gasteiger partial charge on any atom is 0.230 e. The maximum absolute atomic E-state index is 11.5. The van der Waals surface area contributed by atoms with E-state index < -0.39 is 0 Å². The van der Waals surface area contributed by atoms with E-state index in [1.165, 1.54) is 4.90 Å². The van der Waals surface area contributed by atoms with Crippen LogP contribution < -0.4 is 0 Å². The van der Waals surface area contributed by atoms with E-state index in [0.717, 1.165) is 32.4 Å². The van der Waals surface area contributed by atoms with E-state index in [0.29, 0.717) is 12.8 Å². The fourth-order valence-electron chi connectivity index (χ4n) is 3.03. The molecule has 0 aliphatic carbocycles. The largest absolute Gasteiger partial charge is 0.305 e. The highest BCUT2D eigenvalue weighted by atomic mass is 16.2. The molecule has 19 heavy (non-hydrogen) atoms. The van der Waals surface area contributed by atoms with E-state index in [1.54, 1.807) is 0 Å². The first-order chi connectivity index (χ1) is 9.06. The van der Waals surface area contributed by atoms with Gasteiger partial charge in [0, 0.05) is 24.8 Å². The van der Waals surface area contributed by atoms with E-state index in [2.05, 4.69) is 30.7 Å². The van der Waals surface area contributed by atoms with Crippen molar-refractivity contribution in [3.05, 3.63) is 0 Å². The summed E-state index contributed by atoms with van der Waals surface area (Å²) in [6.45, 7) is 4.52. The standard InChI is InChI=1S/C15H22N2O2/c1-3-7-15(9-11-16(2)12-15)8-4-10-17-13(18)5-6-14(17)19/h3,5-7,9-12H2,1-2H3/t15-/m1/s1. The maximum atomic E-state index is 11.5. The van der Waals surface area contributed by atoms with Crippen LogP contribution in [0.1, 0.15) is 39.0 Å². The lowest BCUT2D eigenvalue weighted by Gasteiger charge is -2.22. The highest BCUT2D eigenvalue weighted by molar-refractivity contribution is 6.02. The van der Waals surface area contributed by atoms with Crippen LogP contribution in [0.5, 0.6) is 0 Å². The van der Waals surface area contributed by atoms with Crippen molar-refractivity contribution in [2.45, 2.75) is 39.0 Å². The lowest BCUT2D eigenvalue weighted by atomic mass is 9.83. The molecule has 0 aromatic heterocycles. The second-order valence-corrected chi connectivity index (χ2v) is 5.69. The Kier molecular flexibility index (Phi) is 4.26. The van der Waals surface area contributed by atoms with Crippen molar-refractivity contribution in [1.82, 2.24) is 9.80 Å². The molecule has 2 amide bonds. The predicted octanol–water partition coefficient (Wildman–Crippen LogP) is 1.26. The second kappa shape index (κ2) is 5.75. The molecular weight excluding hydrogens is 240 g/mol. The fourth-order valence-corrected chi connectivity index (χ4v) is 3.03. The lowest BCUT2D eigenvalue weighted by molar-refractivity contribution is -0.137. The monoisotopic (exact) mass is 262 g/mol. The number of hydrogen-bond donors (Lipinski definition) is 0. The Morgan fingerprint density at radius 2 is 1.95 bits per heavy atom. The van der Waals surface area contributed by atoms with E-state index in [4.69, 9.17) is 0 Å². The van der Waals surface area contributed by atoms with E-state index in [-0.39, 0.29) is 23.8 Å². The molecule has 2 aliphatic heterocycles. The third-order valence-electron chi connectivity index (χ3n) is 4.02. The summed E-state index contributed by atoms with van der Waals surface area (Å²) in [5.41, 5.74) is 0.0648. The topological polar surface area (TPSA) is 40.6 Å². The molecule has 104 valence electrons. The van der Waals surface area contributed by atoms with Crippen LogP contribution >= 0.6 is 0 Å². The summed E-state index contributed by atoms with van der Waals surface area (Å²) in [5.74, 6) is 6.29. The van der Waals surface area contributed by atoms with Crippen molar-refractivity contribution in [2.24, 2.45) is 5.41 Å². The third-order valence-corrected chi connectivity index (χ3v) is 4.02. The number of rotatable bonds is 3. The Hall–Kier alpha value is -1.34. The Morgan fingerprint density at radius 3 is 2.47 bits per heavy atom. The van der Waals surface area contributed by atoms with Gasteiger partial charge in [-0.2, -0.15) is 0 Å². The van der Waals surface area contributed by atoms with Gasteiger partial charge in [0.25, 0.3) is 0 Å². The van der Waals surface area contributed by atoms with Crippen LogP contribution in [0.4, 0.5) is 0 Å². The molecule has 0 bridgehead atoms. The number of imide groups is 1. The molecule has 4 heteroatoms. The van der Waals surface area contributed by atoms with Crippen LogP contribution in [-0.4, -0.2) is 48.3 Å². The Morgan fingerprint density at radius 1 is 1.26 bits per heavy atom. The molecule has 2 rings (SSSR count). The zero-order valence-electron chi connectivity index (χ0n) is 11.9. The van der Waals surface area contributed by atoms with Crippen molar-refractivity contribution in [2.75, 3.05) is 26.7 Å². The first-order valence-electron chi connectivity index (χ1n) is 7.08. The van der Waals surface area contributed by atoms with Gasteiger partial charge < -0.3 is 4.90 Å². The number of nitrogens with zero attached hydrogens (tertiary/aromatic N) is 2. The van der Waals surface area contributed by atoms with Gasteiger partial charge in [0.15, 0.2) is 0 Å². The van der Waals surface area contributed by atoms with Crippen LogP contribution in [0.25, 0.3) is 0 Å². The number of amides is 2. The summed E-state index contributed by atoms with van der Waals surface area (Å²) < 4.78 is 0. The smallest absolute Gasteiger partial charge is 0.230 e. The summed E-state index contributed by atoms with van der Waals surface area (Å²) in [4.78, 5) is 26.6. The summed E-state index contributed by atoms with van der Waals surface area (Å²) in [7, 11) is 2.12. The first-order valence-corrected chi connectivity index (χ1v) is 7.08. The van der Waals surface area contributed by atoms with Gasteiger partial charge in [-0.3, -0.25) is 14.5 Å². The number of hydrogen-bond acceptors (Lipinski definition) is 3. The van der Waals surface area contributed by atoms with Gasteiger partial charge in [0.2, 0.25) is 11.8 Å². The van der Waals surface area contributed by atoms with Crippen molar-refractivity contribution in [1.29, 1.82) is 0 Å². The Bertz CT molecular complexity index is 415. The van der Waals surface area contributed by atoms with Gasteiger partial charge in [-0.25, -0.2) is 0 Å². The number of carbonyl (C=O) groups is 2. The molecule has 2 fully saturated rings. The molecule has 2 heterocycles. The van der Waals surface area contributed by atoms with Gasteiger partial charge in [-0.05, 0) is 26.4 Å². The minimum Gasteiger partial charge on any atom is -0.305 e. The zero-order chi connectivity index (χ0) is 13.9. The molecule has 0 radical (unpaired) electrons. The van der Waals surface area contributed by atoms with Crippen LogP contribution in [0, 0.1) is 17.3 Å². The molecule has 2 saturated heterocycles. The van der Waals surface area contributed by atoms with Crippen LogP contribution in [0.3, 0.4) is 0 Å². The minimum absolute atomic E-state index is 0.0648. The van der Waals surface area contributed by atoms with Gasteiger partial charge >= 0.3 is 0 Å². The summed E-state index contributed by atoms with van der Waals surface area (Å²) in [5, 5.41) is 0. The highest BCUT2D eigenvalue weighted by Gasteiger charge is 2.34. The molecule has 0 spiro atoms.